The largest absolute Gasteiger partial charge is 0.367 e. The molecule has 2 unspecified atom stereocenters. The van der Waals surface area contributed by atoms with Crippen LogP contribution in [0.3, 0.4) is 0 Å². The Hall–Kier alpha value is -1.36. The molecule has 1 heterocycles. The molecule has 106 valence electrons. The third-order valence-electron chi connectivity index (χ3n) is 3.72. The van der Waals surface area contributed by atoms with E-state index in [1.807, 2.05) is 6.92 Å². The van der Waals surface area contributed by atoms with Crippen molar-refractivity contribution >= 4 is 11.6 Å². The number of nitrogens with two attached hydrogens (primary N) is 1. The highest BCUT2D eigenvalue weighted by atomic mass is 15.3. The van der Waals surface area contributed by atoms with Crippen LogP contribution < -0.4 is 16.6 Å². The molecule has 2 atom stereocenters. The van der Waals surface area contributed by atoms with Gasteiger partial charge in [0.25, 0.3) is 0 Å². The molecule has 0 radical (unpaired) electrons. The maximum Gasteiger partial charge on any atom is 0.148 e. The lowest BCUT2D eigenvalue weighted by Crippen LogP contribution is -2.16. The molecule has 0 bridgehead atoms. The summed E-state index contributed by atoms with van der Waals surface area (Å²) in [5.41, 5.74) is 3.66. The molecule has 4 N–H and O–H groups in total. The smallest absolute Gasteiger partial charge is 0.148 e. The van der Waals surface area contributed by atoms with Gasteiger partial charge in [-0.1, -0.05) is 27.2 Å². The number of hydrazine groups is 1. The summed E-state index contributed by atoms with van der Waals surface area (Å²) in [7, 11) is 0. The fraction of sp³-hybridized carbons (Fsp3) is 0.714. The molecule has 1 aliphatic carbocycles. The molecule has 0 aliphatic heterocycles. The van der Waals surface area contributed by atoms with Crippen molar-refractivity contribution in [3.8, 4) is 0 Å². The zero-order valence-electron chi connectivity index (χ0n) is 12.3. The van der Waals surface area contributed by atoms with Crippen molar-refractivity contribution in [2.45, 2.75) is 58.9 Å². The predicted octanol–water partition coefficient (Wildman–Crippen LogP) is 2.79. The molecule has 0 aromatic carbocycles. The Morgan fingerprint density at radius 2 is 2.00 bits per heavy atom. The number of anilines is 2. The first-order chi connectivity index (χ1) is 9.06. The van der Waals surface area contributed by atoms with Crippen LogP contribution in [0.25, 0.3) is 0 Å². The van der Waals surface area contributed by atoms with Gasteiger partial charge in [-0.2, -0.15) is 0 Å². The van der Waals surface area contributed by atoms with E-state index in [2.05, 4.69) is 41.5 Å². The first-order valence-corrected chi connectivity index (χ1v) is 7.18. The Bertz CT molecular complexity index is 444. The second kappa shape index (κ2) is 5.74. The Kier molecular flexibility index (Phi) is 4.24. The van der Waals surface area contributed by atoms with Crippen molar-refractivity contribution in [3.63, 3.8) is 0 Å². The normalized spacial score (nSPS) is 21.6. The molecule has 5 heteroatoms. The molecule has 1 fully saturated rings. The van der Waals surface area contributed by atoms with Gasteiger partial charge >= 0.3 is 0 Å². The van der Waals surface area contributed by atoms with Gasteiger partial charge in [-0.3, -0.25) is 0 Å². The minimum absolute atomic E-state index is 0.291. The molecule has 5 nitrogen and oxygen atoms in total. The molecule has 19 heavy (non-hydrogen) atoms. The van der Waals surface area contributed by atoms with Crippen molar-refractivity contribution in [1.29, 1.82) is 0 Å². The van der Waals surface area contributed by atoms with E-state index in [0.717, 1.165) is 23.1 Å². The topological polar surface area (TPSA) is 75.9 Å². The summed E-state index contributed by atoms with van der Waals surface area (Å²) in [6.45, 7) is 8.41. The van der Waals surface area contributed by atoms with Gasteiger partial charge in [0.2, 0.25) is 0 Å². The van der Waals surface area contributed by atoms with E-state index < -0.39 is 0 Å². The minimum atomic E-state index is 0.291. The highest BCUT2D eigenvalue weighted by Gasteiger charge is 2.36. The zero-order valence-corrected chi connectivity index (χ0v) is 12.3. The SMILES string of the molecule is CCCC1CC1Nc1nc(C(C)C)nc(NN)c1C. The monoisotopic (exact) mass is 263 g/mol. The fourth-order valence-electron chi connectivity index (χ4n) is 2.36. The minimum Gasteiger partial charge on any atom is -0.367 e. The van der Waals surface area contributed by atoms with Crippen LogP contribution in [0, 0.1) is 12.8 Å². The lowest BCUT2D eigenvalue weighted by Gasteiger charge is -2.15. The number of nitrogens with zero attached hydrogens (tertiary/aromatic N) is 2. The quantitative estimate of drug-likeness (QED) is 0.543. The average Bonchev–Trinajstić information content (AvgIpc) is 3.10. The van der Waals surface area contributed by atoms with Crippen molar-refractivity contribution in [2.24, 2.45) is 11.8 Å². The Balaban J connectivity index is 2.17. The highest BCUT2D eigenvalue weighted by molar-refractivity contribution is 5.57. The van der Waals surface area contributed by atoms with Gasteiger partial charge in [0.05, 0.1) is 0 Å². The lowest BCUT2D eigenvalue weighted by atomic mass is 10.2. The predicted molar refractivity (Wildman–Crippen MR) is 79.1 cm³/mol. The van der Waals surface area contributed by atoms with E-state index in [9.17, 15) is 0 Å². The van der Waals surface area contributed by atoms with Gasteiger partial charge < -0.3 is 10.7 Å². The van der Waals surface area contributed by atoms with Gasteiger partial charge in [-0.05, 0) is 25.7 Å². The van der Waals surface area contributed by atoms with E-state index >= 15 is 0 Å². The summed E-state index contributed by atoms with van der Waals surface area (Å²) < 4.78 is 0. The van der Waals surface area contributed by atoms with Crippen molar-refractivity contribution < 1.29 is 0 Å². The second-order valence-electron chi connectivity index (χ2n) is 5.74. The molecular formula is C14H25N5. The van der Waals surface area contributed by atoms with Crippen LogP contribution in [-0.4, -0.2) is 16.0 Å². The molecule has 0 spiro atoms. The van der Waals surface area contributed by atoms with Crippen LogP contribution >= 0.6 is 0 Å². The van der Waals surface area contributed by atoms with Crippen molar-refractivity contribution in [2.75, 3.05) is 10.7 Å². The van der Waals surface area contributed by atoms with Crippen LogP contribution in [0.4, 0.5) is 11.6 Å². The van der Waals surface area contributed by atoms with Crippen LogP contribution in [-0.2, 0) is 0 Å². The number of nitrogens with one attached hydrogen (secondary N) is 2. The third kappa shape index (κ3) is 3.15. The molecule has 1 aliphatic rings. The zero-order chi connectivity index (χ0) is 14.0. The molecular weight excluding hydrogens is 238 g/mol. The number of hydrogen-bond acceptors (Lipinski definition) is 5. The van der Waals surface area contributed by atoms with Gasteiger partial charge in [0.15, 0.2) is 0 Å². The fourth-order valence-corrected chi connectivity index (χ4v) is 2.36. The molecule has 0 amide bonds. The first-order valence-electron chi connectivity index (χ1n) is 7.18. The summed E-state index contributed by atoms with van der Waals surface area (Å²) in [5.74, 6) is 9.10. The van der Waals surface area contributed by atoms with E-state index in [1.165, 1.54) is 19.3 Å². The number of aromatic nitrogens is 2. The molecule has 1 saturated carbocycles. The maximum absolute atomic E-state index is 5.54. The maximum atomic E-state index is 5.54. The molecule has 1 aromatic rings. The number of nitrogen functional groups attached to an aromatic ring is 1. The number of hydrogen-bond donors (Lipinski definition) is 3. The van der Waals surface area contributed by atoms with E-state index in [0.29, 0.717) is 17.8 Å². The van der Waals surface area contributed by atoms with E-state index in [1.54, 1.807) is 0 Å². The van der Waals surface area contributed by atoms with Crippen LogP contribution in [0.5, 0.6) is 0 Å². The molecule has 1 aromatic heterocycles. The Morgan fingerprint density at radius 1 is 1.32 bits per heavy atom. The molecule has 0 saturated heterocycles. The van der Waals surface area contributed by atoms with Crippen molar-refractivity contribution in [1.82, 2.24) is 9.97 Å². The Labute approximate surface area is 115 Å². The first kappa shape index (κ1) is 14.1. The highest BCUT2D eigenvalue weighted by Crippen LogP contribution is 2.38. The van der Waals surface area contributed by atoms with Crippen LogP contribution in [0.1, 0.15) is 57.3 Å². The summed E-state index contributed by atoms with van der Waals surface area (Å²) in [4.78, 5) is 9.08. The summed E-state index contributed by atoms with van der Waals surface area (Å²) in [5, 5.41) is 3.54. The van der Waals surface area contributed by atoms with E-state index in [4.69, 9.17) is 5.84 Å². The summed E-state index contributed by atoms with van der Waals surface area (Å²) >= 11 is 0. The van der Waals surface area contributed by atoms with Crippen molar-refractivity contribution in [3.05, 3.63) is 11.4 Å². The summed E-state index contributed by atoms with van der Waals surface area (Å²) in [6, 6.07) is 0.569. The van der Waals surface area contributed by atoms with Gasteiger partial charge in [0, 0.05) is 17.5 Å². The second-order valence-corrected chi connectivity index (χ2v) is 5.74. The summed E-state index contributed by atoms with van der Waals surface area (Å²) in [6.07, 6.45) is 3.79. The number of rotatable bonds is 6. The van der Waals surface area contributed by atoms with E-state index in [-0.39, 0.29) is 0 Å². The average molecular weight is 263 g/mol. The standard InChI is InChI=1S/C14H25N5/c1-5-6-10-7-11(10)16-13-9(4)14(19-15)18-12(17-13)8(2)3/h8,10-11H,5-7,15H2,1-4H3,(H2,16,17,18,19). The lowest BCUT2D eigenvalue weighted by molar-refractivity contribution is 0.691. The van der Waals surface area contributed by atoms with Crippen LogP contribution in [0.2, 0.25) is 0 Å². The van der Waals surface area contributed by atoms with Gasteiger partial charge in [-0.15, -0.1) is 0 Å². The van der Waals surface area contributed by atoms with Gasteiger partial charge in [-0.25, -0.2) is 15.8 Å². The molecule has 2 rings (SSSR count). The van der Waals surface area contributed by atoms with Crippen LogP contribution in [0.15, 0.2) is 0 Å². The third-order valence-corrected chi connectivity index (χ3v) is 3.72. The Morgan fingerprint density at radius 3 is 2.58 bits per heavy atom. The van der Waals surface area contributed by atoms with Gasteiger partial charge in [0.1, 0.15) is 17.5 Å².